The second kappa shape index (κ2) is 7.68. The number of rotatable bonds is 8. The summed E-state index contributed by atoms with van der Waals surface area (Å²) in [7, 11) is 0. The van der Waals surface area contributed by atoms with Crippen LogP contribution in [0.3, 0.4) is 0 Å². The van der Waals surface area contributed by atoms with Gasteiger partial charge in [-0.1, -0.05) is 12.1 Å². The minimum Gasteiger partial charge on any atom is -0.491 e. The Kier molecular flexibility index (Phi) is 6.18. The SMILES string of the molecule is CCOCCOc1ccc(CC(N)C(=O)O)cc1. The van der Waals surface area contributed by atoms with Gasteiger partial charge in [-0.25, -0.2) is 0 Å². The standard InChI is InChI=1S/C13H19NO4/c1-2-17-7-8-18-11-5-3-10(4-6-11)9-12(14)13(15)16/h3-6,12H,2,7-9,14H2,1H3,(H,15,16). The van der Waals surface area contributed by atoms with Crippen LogP contribution in [0.5, 0.6) is 5.75 Å². The third-order valence-electron chi connectivity index (χ3n) is 2.40. The van der Waals surface area contributed by atoms with Crippen molar-refractivity contribution in [3.05, 3.63) is 29.8 Å². The van der Waals surface area contributed by atoms with E-state index in [0.717, 1.165) is 11.3 Å². The van der Waals surface area contributed by atoms with E-state index < -0.39 is 12.0 Å². The molecule has 0 aromatic heterocycles. The first-order chi connectivity index (χ1) is 8.63. The summed E-state index contributed by atoms with van der Waals surface area (Å²) in [5.41, 5.74) is 6.33. The molecule has 100 valence electrons. The van der Waals surface area contributed by atoms with Gasteiger partial charge in [0.2, 0.25) is 0 Å². The van der Waals surface area contributed by atoms with E-state index in [0.29, 0.717) is 26.2 Å². The Labute approximate surface area is 107 Å². The third kappa shape index (κ3) is 5.16. The van der Waals surface area contributed by atoms with Crippen LogP contribution in [0.1, 0.15) is 12.5 Å². The number of nitrogens with two attached hydrogens (primary N) is 1. The van der Waals surface area contributed by atoms with E-state index in [1.54, 1.807) is 12.1 Å². The molecule has 0 fully saturated rings. The largest absolute Gasteiger partial charge is 0.491 e. The van der Waals surface area contributed by atoms with Gasteiger partial charge in [-0.15, -0.1) is 0 Å². The van der Waals surface area contributed by atoms with E-state index in [4.69, 9.17) is 20.3 Å². The maximum absolute atomic E-state index is 10.6. The molecule has 0 spiro atoms. The molecule has 0 radical (unpaired) electrons. The zero-order valence-electron chi connectivity index (χ0n) is 10.5. The van der Waals surface area contributed by atoms with Gasteiger partial charge >= 0.3 is 5.97 Å². The fourth-order valence-corrected chi connectivity index (χ4v) is 1.43. The fourth-order valence-electron chi connectivity index (χ4n) is 1.43. The smallest absolute Gasteiger partial charge is 0.320 e. The lowest BCUT2D eigenvalue weighted by atomic mass is 10.1. The van der Waals surface area contributed by atoms with Gasteiger partial charge in [0.05, 0.1) is 6.61 Å². The first kappa shape index (κ1) is 14.5. The molecule has 0 aliphatic rings. The molecule has 1 rings (SSSR count). The molecule has 0 amide bonds. The predicted octanol–water partition coefficient (Wildman–Crippen LogP) is 1.06. The van der Waals surface area contributed by atoms with Gasteiger partial charge in [0.1, 0.15) is 18.4 Å². The Bertz CT molecular complexity index is 364. The second-order valence-electron chi connectivity index (χ2n) is 3.84. The van der Waals surface area contributed by atoms with Gasteiger partial charge in [-0.2, -0.15) is 0 Å². The third-order valence-corrected chi connectivity index (χ3v) is 2.40. The van der Waals surface area contributed by atoms with E-state index in [-0.39, 0.29) is 0 Å². The normalized spacial score (nSPS) is 12.1. The van der Waals surface area contributed by atoms with Gasteiger partial charge in [0.15, 0.2) is 0 Å². The fraction of sp³-hybridized carbons (Fsp3) is 0.462. The Balaban J connectivity index is 2.40. The zero-order valence-corrected chi connectivity index (χ0v) is 10.5. The molecule has 5 heteroatoms. The molecule has 0 heterocycles. The molecule has 1 unspecified atom stereocenters. The lowest BCUT2D eigenvalue weighted by molar-refractivity contribution is -0.138. The lowest BCUT2D eigenvalue weighted by Crippen LogP contribution is -2.32. The molecule has 5 nitrogen and oxygen atoms in total. The molecule has 0 aliphatic heterocycles. The Morgan fingerprint density at radius 1 is 1.33 bits per heavy atom. The van der Waals surface area contributed by atoms with Crippen molar-refractivity contribution in [3.8, 4) is 5.75 Å². The second-order valence-corrected chi connectivity index (χ2v) is 3.84. The molecular weight excluding hydrogens is 234 g/mol. The van der Waals surface area contributed by atoms with Crippen LogP contribution in [0.4, 0.5) is 0 Å². The summed E-state index contributed by atoms with van der Waals surface area (Å²) in [6.07, 6.45) is 0.314. The van der Waals surface area contributed by atoms with Crippen LogP contribution >= 0.6 is 0 Å². The van der Waals surface area contributed by atoms with Crippen LogP contribution in [0.25, 0.3) is 0 Å². The van der Waals surface area contributed by atoms with Gasteiger partial charge in [0.25, 0.3) is 0 Å². The van der Waals surface area contributed by atoms with Gasteiger partial charge in [-0.3, -0.25) is 4.79 Å². The first-order valence-corrected chi connectivity index (χ1v) is 5.91. The molecule has 18 heavy (non-hydrogen) atoms. The van der Waals surface area contributed by atoms with Crippen molar-refractivity contribution < 1.29 is 19.4 Å². The van der Waals surface area contributed by atoms with Gasteiger partial charge < -0.3 is 20.3 Å². The predicted molar refractivity (Wildman–Crippen MR) is 67.7 cm³/mol. The van der Waals surface area contributed by atoms with Crippen molar-refractivity contribution in [1.82, 2.24) is 0 Å². The van der Waals surface area contributed by atoms with Crippen LogP contribution in [0, 0.1) is 0 Å². The summed E-state index contributed by atoms with van der Waals surface area (Å²) < 4.78 is 10.6. The Hall–Kier alpha value is -1.59. The molecule has 1 atom stereocenters. The number of carbonyl (C=O) groups is 1. The average Bonchev–Trinajstić information content (AvgIpc) is 2.36. The number of carboxylic acid groups (broad SMARTS) is 1. The zero-order chi connectivity index (χ0) is 13.4. The maximum Gasteiger partial charge on any atom is 0.320 e. The van der Waals surface area contributed by atoms with Crippen LogP contribution in [-0.4, -0.2) is 36.9 Å². The van der Waals surface area contributed by atoms with Gasteiger partial charge in [0, 0.05) is 6.61 Å². The van der Waals surface area contributed by atoms with Crippen LogP contribution in [0.2, 0.25) is 0 Å². The quantitative estimate of drug-likeness (QED) is 0.677. The summed E-state index contributed by atoms with van der Waals surface area (Å²) in [4.78, 5) is 10.6. The van der Waals surface area contributed by atoms with E-state index in [2.05, 4.69) is 0 Å². The minimum absolute atomic E-state index is 0.314. The van der Waals surface area contributed by atoms with Crippen molar-refractivity contribution in [2.24, 2.45) is 5.73 Å². The molecule has 1 aromatic rings. The summed E-state index contributed by atoms with van der Waals surface area (Å²) in [6, 6.07) is 6.37. The molecule has 0 bridgehead atoms. The summed E-state index contributed by atoms with van der Waals surface area (Å²) in [6.45, 7) is 3.67. The summed E-state index contributed by atoms with van der Waals surface area (Å²) in [5.74, 6) is -0.255. The molecule has 0 saturated heterocycles. The Morgan fingerprint density at radius 2 is 2.00 bits per heavy atom. The number of ether oxygens (including phenoxy) is 2. The van der Waals surface area contributed by atoms with E-state index >= 15 is 0 Å². The number of hydrogen-bond acceptors (Lipinski definition) is 4. The highest BCUT2D eigenvalue weighted by Crippen LogP contribution is 2.13. The van der Waals surface area contributed by atoms with Gasteiger partial charge in [-0.05, 0) is 31.0 Å². The van der Waals surface area contributed by atoms with Crippen molar-refractivity contribution >= 4 is 5.97 Å². The monoisotopic (exact) mass is 253 g/mol. The van der Waals surface area contributed by atoms with Crippen molar-refractivity contribution in [3.63, 3.8) is 0 Å². The number of carboxylic acids is 1. The molecule has 3 N–H and O–H groups in total. The summed E-state index contributed by atoms with van der Waals surface area (Å²) >= 11 is 0. The topological polar surface area (TPSA) is 81.8 Å². The number of hydrogen-bond donors (Lipinski definition) is 2. The minimum atomic E-state index is -0.993. The highest BCUT2D eigenvalue weighted by Gasteiger charge is 2.11. The van der Waals surface area contributed by atoms with Crippen LogP contribution in [-0.2, 0) is 16.0 Å². The Morgan fingerprint density at radius 3 is 2.56 bits per heavy atom. The highest BCUT2D eigenvalue weighted by molar-refractivity contribution is 5.73. The molecule has 0 saturated carbocycles. The van der Waals surface area contributed by atoms with E-state index in [9.17, 15) is 4.79 Å². The van der Waals surface area contributed by atoms with Crippen LogP contribution < -0.4 is 10.5 Å². The van der Waals surface area contributed by atoms with Crippen molar-refractivity contribution in [2.45, 2.75) is 19.4 Å². The maximum atomic E-state index is 10.6. The lowest BCUT2D eigenvalue weighted by Gasteiger charge is -2.09. The van der Waals surface area contributed by atoms with E-state index in [1.165, 1.54) is 0 Å². The van der Waals surface area contributed by atoms with E-state index in [1.807, 2.05) is 19.1 Å². The molecule has 1 aromatic carbocycles. The summed E-state index contributed by atoms with van der Waals surface area (Å²) in [5, 5.41) is 8.70. The van der Waals surface area contributed by atoms with Crippen LogP contribution in [0.15, 0.2) is 24.3 Å². The first-order valence-electron chi connectivity index (χ1n) is 5.91. The average molecular weight is 253 g/mol. The van der Waals surface area contributed by atoms with Crippen molar-refractivity contribution in [1.29, 1.82) is 0 Å². The highest BCUT2D eigenvalue weighted by atomic mass is 16.5. The molecular formula is C13H19NO4. The molecule has 0 aliphatic carbocycles. The number of aliphatic carboxylic acids is 1. The number of benzene rings is 1. The van der Waals surface area contributed by atoms with Crippen molar-refractivity contribution in [2.75, 3.05) is 19.8 Å².